The van der Waals surface area contributed by atoms with Crippen LogP contribution in [0.15, 0.2) is 27.8 Å². The number of carbonyl (C=O) groups excluding carboxylic acids is 1. The highest BCUT2D eigenvalue weighted by molar-refractivity contribution is 7.91. The summed E-state index contributed by atoms with van der Waals surface area (Å²) < 4.78 is 28.4. The fraction of sp³-hybridized carbons (Fsp3) is 0.526. The Hall–Kier alpha value is -1.22. The lowest BCUT2D eigenvalue weighted by atomic mass is 9.99. The van der Waals surface area contributed by atoms with Crippen LogP contribution in [0.25, 0.3) is 0 Å². The van der Waals surface area contributed by atoms with Gasteiger partial charge in [0, 0.05) is 23.5 Å². The molecule has 2 aliphatic carbocycles. The molecule has 0 radical (unpaired) electrons. The van der Waals surface area contributed by atoms with Gasteiger partial charge in [0.25, 0.3) is 5.91 Å². The Morgan fingerprint density at radius 1 is 1.22 bits per heavy atom. The van der Waals surface area contributed by atoms with Crippen LogP contribution in [0.4, 0.5) is 0 Å². The molecule has 1 aliphatic heterocycles. The summed E-state index contributed by atoms with van der Waals surface area (Å²) in [5.74, 6) is 0.478. The zero-order valence-corrected chi connectivity index (χ0v) is 17.3. The lowest BCUT2D eigenvalue weighted by Gasteiger charge is -2.33. The number of nitrogens with one attached hydrogen (secondary N) is 1. The van der Waals surface area contributed by atoms with Gasteiger partial charge in [-0.15, -0.1) is 22.7 Å². The highest BCUT2D eigenvalue weighted by atomic mass is 32.2. The van der Waals surface area contributed by atoms with Crippen LogP contribution >= 0.6 is 22.7 Å². The van der Waals surface area contributed by atoms with Crippen molar-refractivity contribution in [2.75, 3.05) is 6.54 Å². The number of nitrogens with zero attached hydrogens (tertiary/aromatic N) is 1. The van der Waals surface area contributed by atoms with E-state index in [9.17, 15) is 13.2 Å². The molecule has 0 aromatic carbocycles. The number of piperidine rings is 1. The number of amides is 1. The molecule has 5 rings (SSSR count). The molecule has 3 aliphatic rings. The SMILES string of the molecule is O=C(c1cc2c(s1)CCCC2)N1C[C@@H]2C[C@H](NS(=O)(=O)c3cccs3)[C@H]1C2. The molecule has 1 amide bonds. The van der Waals surface area contributed by atoms with Gasteiger partial charge in [0.15, 0.2) is 0 Å². The van der Waals surface area contributed by atoms with E-state index in [1.54, 1.807) is 28.8 Å². The fourth-order valence-corrected chi connectivity index (χ4v) is 8.30. The van der Waals surface area contributed by atoms with Crippen LogP contribution in [-0.2, 0) is 22.9 Å². The van der Waals surface area contributed by atoms with Crippen LogP contribution in [0.5, 0.6) is 0 Å². The minimum atomic E-state index is -3.51. The standard InChI is InChI=1S/C19H22N2O3S3/c22-19(17-10-13-4-1-2-5-16(13)26-17)21-11-12-8-14(15(21)9-12)20-27(23,24)18-6-3-7-25-18/h3,6-7,10,12,14-15,20H,1-2,4-5,8-9,11H2/t12-,14+,15-/m1/s1. The second-order valence-electron chi connectivity index (χ2n) is 7.79. The Balaban J connectivity index is 1.34. The van der Waals surface area contributed by atoms with E-state index >= 15 is 0 Å². The summed E-state index contributed by atoms with van der Waals surface area (Å²) in [7, 11) is -3.51. The van der Waals surface area contributed by atoms with E-state index in [1.807, 2.05) is 4.90 Å². The maximum absolute atomic E-state index is 13.2. The third-order valence-corrected chi connectivity index (χ3v) is 10.1. The number of likely N-dealkylation sites (tertiary alicyclic amines) is 1. The van der Waals surface area contributed by atoms with Gasteiger partial charge in [-0.05, 0) is 67.5 Å². The molecule has 2 fully saturated rings. The molecule has 3 atom stereocenters. The van der Waals surface area contributed by atoms with E-state index in [-0.39, 0.29) is 18.0 Å². The molecule has 1 N–H and O–H groups in total. The highest BCUT2D eigenvalue weighted by Crippen LogP contribution is 2.40. The summed E-state index contributed by atoms with van der Waals surface area (Å²) >= 11 is 2.86. The molecule has 5 nitrogen and oxygen atoms in total. The molecule has 144 valence electrons. The Bertz CT molecular complexity index is 941. The van der Waals surface area contributed by atoms with E-state index in [0.29, 0.717) is 10.1 Å². The average Bonchev–Trinajstić information content (AvgIpc) is 3.42. The van der Waals surface area contributed by atoms with Gasteiger partial charge in [-0.25, -0.2) is 13.1 Å². The van der Waals surface area contributed by atoms with E-state index < -0.39 is 10.0 Å². The summed E-state index contributed by atoms with van der Waals surface area (Å²) in [6.45, 7) is 0.753. The summed E-state index contributed by atoms with van der Waals surface area (Å²) in [5, 5.41) is 1.77. The van der Waals surface area contributed by atoms with Crippen molar-refractivity contribution in [1.29, 1.82) is 0 Å². The number of aryl methyl sites for hydroxylation is 2. The number of thiophene rings is 2. The molecule has 0 spiro atoms. The Labute approximate surface area is 167 Å². The molecule has 1 saturated carbocycles. The Morgan fingerprint density at radius 2 is 2.07 bits per heavy atom. The molecule has 1 saturated heterocycles. The van der Waals surface area contributed by atoms with Crippen LogP contribution < -0.4 is 4.72 Å². The molecule has 8 heteroatoms. The maximum atomic E-state index is 13.2. The minimum Gasteiger partial charge on any atom is -0.333 e. The topological polar surface area (TPSA) is 66.5 Å². The molecule has 2 bridgehead atoms. The third kappa shape index (κ3) is 3.16. The van der Waals surface area contributed by atoms with Crippen LogP contribution in [0.2, 0.25) is 0 Å². The zero-order chi connectivity index (χ0) is 18.6. The number of carbonyl (C=O) groups is 1. The van der Waals surface area contributed by atoms with E-state index in [0.717, 1.165) is 37.1 Å². The van der Waals surface area contributed by atoms with Crippen molar-refractivity contribution in [3.8, 4) is 0 Å². The van der Waals surface area contributed by atoms with Gasteiger partial charge in [-0.2, -0.15) is 0 Å². The number of rotatable bonds is 4. The van der Waals surface area contributed by atoms with Crippen molar-refractivity contribution in [3.05, 3.63) is 38.9 Å². The number of fused-ring (bicyclic) bond motifs is 3. The molecule has 27 heavy (non-hydrogen) atoms. The largest absolute Gasteiger partial charge is 0.333 e. The lowest BCUT2D eigenvalue weighted by Crippen LogP contribution is -2.51. The van der Waals surface area contributed by atoms with Crippen molar-refractivity contribution in [2.24, 2.45) is 5.92 Å². The van der Waals surface area contributed by atoms with Crippen molar-refractivity contribution < 1.29 is 13.2 Å². The number of hydrogen-bond donors (Lipinski definition) is 1. The summed E-state index contributed by atoms with van der Waals surface area (Å²) in [6.07, 6.45) is 6.30. The third-order valence-electron chi connectivity index (χ3n) is 6.02. The van der Waals surface area contributed by atoms with Crippen molar-refractivity contribution in [1.82, 2.24) is 9.62 Å². The van der Waals surface area contributed by atoms with E-state index in [2.05, 4.69) is 10.8 Å². The zero-order valence-electron chi connectivity index (χ0n) is 14.9. The summed E-state index contributed by atoms with van der Waals surface area (Å²) in [4.78, 5) is 17.3. The summed E-state index contributed by atoms with van der Waals surface area (Å²) in [5.41, 5.74) is 1.34. The second-order valence-corrected chi connectivity index (χ2v) is 11.8. The van der Waals surface area contributed by atoms with Gasteiger partial charge in [0.1, 0.15) is 4.21 Å². The van der Waals surface area contributed by atoms with Crippen molar-refractivity contribution in [3.63, 3.8) is 0 Å². The minimum absolute atomic E-state index is 0.0311. The van der Waals surface area contributed by atoms with Gasteiger partial charge in [-0.1, -0.05) is 6.07 Å². The molecule has 2 aromatic heterocycles. The first kappa shape index (κ1) is 17.8. The van der Waals surface area contributed by atoms with Gasteiger partial charge >= 0.3 is 0 Å². The monoisotopic (exact) mass is 422 g/mol. The highest BCUT2D eigenvalue weighted by Gasteiger charge is 2.48. The predicted octanol–water partition coefficient (Wildman–Crippen LogP) is 3.27. The van der Waals surface area contributed by atoms with Crippen molar-refractivity contribution >= 4 is 38.6 Å². The predicted molar refractivity (Wildman–Crippen MR) is 107 cm³/mol. The smallest absolute Gasteiger partial charge is 0.264 e. The number of hydrogen-bond acceptors (Lipinski definition) is 5. The van der Waals surface area contributed by atoms with Gasteiger partial charge < -0.3 is 4.90 Å². The molecule has 0 unspecified atom stereocenters. The normalized spacial score (nSPS) is 27.1. The average molecular weight is 423 g/mol. The van der Waals surface area contributed by atoms with Crippen LogP contribution in [-0.4, -0.2) is 37.9 Å². The first-order valence-corrected chi connectivity index (χ1v) is 12.7. The lowest BCUT2D eigenvalue weighted by molar-refractivity contribution is 0.0683. The first-order chi connectivity index (χ1) is 13.0. The van der Waals surface area contributed by atoms with Crippen LogP contribution in [0.3, 0.4) is 0 Å². The number of sulfonamides is 1. The van der Waals surface area contributed by atoms with Gasteiger partial charge in [0.05, 0.1) is 4.88 Å². The molecule has 3 heterocycles. The van der Waals surface area contributed by atoms with Crippen LogP contribution in [0.1, 0.15) is 45.8 Å². The van der Waals surface area contributed by atoms with Gasteiger partial charge in [-0.3, -0.25) is 4.79 Å². The second kappa shape index (κ2) is 6.69. The van der Waals surface area contributed by atoms with Gasteiger partial charge in [0.2, 0.25) is 10.0 Å². The Morgan fingerprint density at radius 3 is 2.81 bits per heavy atom. The molecular weight excluding hydrogens is 400 g/mol. The molecular formula is C19H22N2O3S3. The Kier molecular flexibility index (Phi) is 4.42. The maximum Gasteiger partial charge on any atom is 0.264 e. The quantitative estimate of drug-likeness (QED) is 0.822. The summed E-state index contributed by atoms with van der Waals surface area (Å²) in [6, 6.07) is 5.23. The first-order valence-electron chi connectivity index (χ1n) is 9.49. The van der Waals surface area contributed by atoms with E-state index in [4.69, 9.17) is 0 Å². The molecule has 2 aromatic rings. The van der Waals surface area contributed by atoms with Crippen LogP contribution in [0, 0.1) is 5.92 Å². The van der Waals surface area contributed by atoms with E-state index in [1.165, 1.54) is 34.6 Å². The van der Waals surface area contributed by atoms with Crippen molar-refractivity contribution in [2.45, 2.75) is 54.8 Å². The fourth-order valence-electron chi connectivity index (χ4n) is 4.80.